The van der Waals surface area contributed by atoms with Crippen LogP contribution in [-0.2, 0) is 0 Å². The van der Waals surface area contributed by atoms with Gasteiger partial charge in [0.1, 0.15) is 0 Å². The average molecular weight is 103 g/mol. The molecule has 36 valence electrons. The smallest absolute Gasteiger partial charge is 0.0190 e. The summed E-state index contributed by atoms with van der Waals surface area (Å²) in [7, 11) is 0. The van der Waals surface area contributed by atoms with Crippen LogP contribution in [0, 0.1) is 0 Å². The van der Waals surface area contributed by atoms with Crippen LogP contribution >= 0.6 is 11.9 Å². The van der Waals surface area contributed by atoms with E-state index in [2.05, 4.69) is 0 Å². The maximum Gasteiger partial charge on any atom is 0.0190 e. The van der Waals surface area contributed by atoms with E-state index in [1.807, 2.05) is 0 Å². The molecule has 0 aromatic rings. The van der Waals surface area contributed by atoms with Gasteiger partial charge in [0.25, 0.3) is 0 Å². The predicted molar refractivity (Wildman–Crippen MR) is 29.4 cm³/mol. The van der Waals surface area contributed by atoms with Gasteiger partial charge in [-0.2, -0.15) is 0 Å². The molecule has 0 spiro atoms. The SMILES string of the molecule is NSC1CCC1. The fourth-order valence-corrected chi connectivity index (χ4v) is 1.11. The number of nitrogens with two attached hydrogens (primary N) is 1. The van der Waals surface area contributed by atoms with E-state index < -0.39 is 0 Å². The van der Waals surface area contributed by atoms with Gasteiger partial charge in [-0.15, -0.1) is 0 Å². The Kier molecular flexibility index (Phi) is 1.37. The van der Waals surface area contributed by atoms with Crippen LogP contribution in [0.1, 0.15) is 19.3 Å². The van der Waals surface area contributed by atoms with Crippen molar-refractivity contribution < 1.29 is 0 Å². The van der Waals surface area contributed by atoms with Gasteiger partial charge in [0, 0.05) is 5.25 Å². The second-order valence-corrected chi connectivity index (χ2v) is 2.63. The van der Waals surface area contributed by atoms with Gasteiger partial charge in [0.15, 0.2) is 0 Å². The highest BCUT2D eigenvalue weighted by atomic mass is 32.2. The van der Waals surface area contributed by atoms with Gasteiger partial charge in [0.05, 0.1) is 0 Å². The molecule has 2 N–H and O–H groups in total. The van der Waals surface area contributed by atoms with Gasteiger partial charge in [-0.1, -0.05) is 18.4 Å². The summed E-state index contributed by atoms with van der Waals surface area (Å²) in [6, 6.07) is 0. The van der Waals surface area contributed by atoms with Crippen molar-refractivity contribution in [1.82, 2.24) is 0 Å². The molecule has 0 unspecified atom stereocenters. The third kappa shape index (κ3) is 0.684. The van der Waals surface area contributed by atoms with Crippen molar-refractivity contribution in [3.05, 3.63) is 0 Å². The van der Waals surface area contributed by atoms with Crippen molar-refractivity contribution in [3.63, 3.8) is 0 Å². The summed E-state index contributed by atoms with van der Waals surface area (Å²) in [6.45, 7) is 0. The van der Waals surface area contributed by atoms with Crippen LogP contribution in [0.5, 0.6) is 0 Å². The molecule has 0 aromatic carbocycles. The molecule has 1 fully saturated rings. The van der Waals surface area contributed by atoms with Crippen LogP contribution in [0.2, 0.25) is 0 Å². The largest absolute Gasteiger partial charge is 0.278 e. The molecule has 2 heteroatoms. The Morgan fingerprint density at radius 3 is 2.17 bits per heavy atom. The molecule has 6 heavy (non-hydrogen) atoms. The van der Waals surface area contributed by atoms with Crippen molar-refractivity contribution in [1.29, 1.82) is 0 Å². The quantitative estimate of drug-likeness (QED) is 0.504. The third-order valence-electron chi connectivity index (χ3n) is 1.24. The molecular weight excluding hydrogens is 94.1 g/mol. The molecule has 1 saturated carbocycles. The minimum Gasteiger partial charge on any atom is -0.278 e. The van der Waals surface area contributed by atoms with Crippen molar-refractivity contribution in [2.45, 2.75) is 24.5 Å². The van der Waals surface area contributed by atoms with Crippen molar-refractivity contribution in [2.24, 2.45) is 5.14 Å². The van der Waals surface area contributed by atoms with Crippen LogP contribution in [0.4, 0.5) is 0 Å². The van der Waals surface area contributed by atoms with Gasteiger partial charge in [-0.25, -0.2) is 0 Å². The van der Waals surface area contributed by atoms with Crippen molar-refractivity contribution in [3.8, 4) is 0 Å². The standard InChI is InChI=1S/C4H9NS/c5-6-4-2-1-3-4/h4H,1-3,5H2. The van der Waals surface area contributed by atoms with E-state index in [1.54, 1.807) is 0 Å². The summed E-state index contributed by atoms with van der Waals surface area (Å²) in [5.41, 5.74) is 0. The molecule has 1 aliphatic rings. The Balaban J connectivity index is 2.01. The Morgan fingerprint density at radius 2 is 2.17 bits per heavy atom. The Morgan fingerprint density at radius 1 is 1.50 bits per heavy atom. The van der Waals surface area contributed by atoms with Crippen molar-refractivity contribution in [2.75, 3.05) is 0 Å². The lowest BCUT2D eigenvalue weighted by Crippen LogP contribution is -2.14. The first kappa shape index (κ1) is 4.47. The highest BCUT2D eigenvalue weighted by Gasteiger charge is 2.15. The van der Waals surface area contributed by atoms with Crippen LogP contribution in [0.25, 0.3) is 0 Å². The first-order valence-electron chi connectivity index (χ1n) is 2.29. The zero-order valence-electron chi connectivity index (χ0n) is 3.68. The summed E-state index contributed by atoms with van der Waals surface area (Å²) >= 11 is 1.51. The molecule has 1 aliphatic carbocycles. The average Bonchev–Trinajstić information content (AvgIpc) is 1.31. The normalized spacial score (nSPS) is 23.5. The first-order valence-corrected chi connectivity index (χ1v) is 3.23. The van der Waals surface area contributed by atoms with E-state index in [1.165, 1.54) is 31.2 Å². The zero-order chi connectivity index (χ0) is 4.41. The molecular formula is C4H9NS. The van der Waals surface area contributed by atoms with Gasteiger partial charge in [-0.05, 0) is 12.8 Å². The summed E-state index contributed by atoms with van der Waals surface area (Å²) in [5.74, 6) is 0. The van der Waals surface area contributed by atoms with Gasteiger partial charge < -0.3 is 0 Å². The molecule has 0 atom stereocenters. The first-order chi connectivity index (χ1) is 2.93. The molecule has 0 amide bonds. The Bertz CT molecular complexity index is 40.1. The summed E-state index contributed by atoms with van der Waals surface area (Å²) in [6.07, 6.45) is 4.09. The topological polar surface area (TPSA) is 26.0 Å². The maximum atomic E-state index is 5.25. The third-order valence-corrected chi connectivity index (χ3v) is 2.10. The molecule has 0 radical (unpaired) electrons. The minimum atomic E-state index is 0.810. The lowest BCUT2D eigenvalue weighted by atomic mass is 10.0. The van der Waals surface area contributed by atoms with E-state index >= 15 is 0 Å². The summed E-state index contributed by atoms with van der Waals surface area (Å²) in [4.78, 5) is 0. The lowest BCUT2D eigenvalue weighted by molar-refractivity contribution is 0.522. The Hall–Kier alpha value is 0.310. The summed E-state index contributed by atoms with van der Waals surface area (Å²) < 4.78 is 0. The van der Waals surface area contributed by atoms with Crippen LogP contribution in [0.15, 0.2) is 0 Å². The molecule has 0 aliphatic heterocycles. The minimum absolute atomic E-state index is 0.810. The zero-order valence-corrected chi connectivity index (χ0v) is 4.50. The maximum absolute atomic E-state index is 5.25. The van der Waals surface area contributed by atoms with E-state index in [0.717, 1.165) is 5.25 Å². The van der Waals surface area contributed by atoms with E-state index in [4.69, 9.17) is 5.14 Å². The highest BCUT2D eigenvalue weighted by molar-refractivity contribution is 7.97. The molecule has 0 saturated heterocycles. The molecule has 0 bridgehead atoms. The Labute approximate surface area is 42.4 Å². The number of hydrogen-bond acceptors (Lipinski definition) is 2. The van der Waals surface area contributed by atoms with E-state index in [-0.39, 0.29) is 0 Å². The van der Waals surface area contributed by atoms with E-state index in [9.17, 15) is 0 Å². The van der Waals surface area contributed by atoms with Crippen molar-refractivity contribution >= 4 is 11.9 Å². The number of rotatable bonds is 1. The fraction of sp³-hybridized carbons (Fsp3) is 1.00. The lowest BCUT2D eigenvalue weighted by Gasteiger charge is -2.21. The van der Waals surface area contributed by atoms with Gasteiger partial charge in [-0.3, -0.25) is 5.14 Å². The van der Waals surface area contributed by atoms with Crippen LogP contribution < -0.4 is 5.14 Å². The van der Waals surface area contributed by atoms with Crippen LogP contribution in [0.3, 0.4) is 0 Å². The van der Waals surface area contributed by atoms with Gasteiger partial charge >= 0.3 is 0 Å². The summed E-state index contributed by atoms with van der Waals surface area (Å²) in [5, 5.41) is 6.06. The van der Waals surface area contributed by atoms with Gasteiger partial charge in [0.2, 0.25) is 0 Å². The predicted octanol–water partition coefficient (Wildman–Crippen LogP) is 1.15. The molecule has 1 rings (SSSR count). The molecule has 1 nitrogen and oxygen atoms in total. The second-order valence-electron chi connectivity index (χ2n) is 1.69. The number of hydrogen-bond donors (Lipinski definition) is 1. The van der Waals surface area contributed by atoms with E-state index in [0.29, 0.717) is 0 Å². The molecule has 0 heterocycles. The monoisotopic (exact) mass is 103 g/mol. The second kappa shape index (κ2) is 1.85. The fourth-order valence-electron chi connectivity index (χ4n) is 0.507. The highest BCUT2D eigenvalue weighted by Crippen LogP contribution is 2.26. The molecule has 0 aromatic heterocycles. The van der Waals surface area contributed by atoms with Crippen LogP contribution in [-0.4, -0.2) is 5.25 Å².